The summed E-state index contributed by atoms with van der Waals surface area (Å²) in [4.78, 5) is 26.2. The third-order valence-electron chi connectivity index (χ3n) is 3.28. The zero-order valence-electron chi connectivity index (χ0n) is 9.50. The lowest BCUT2D eigenvalue weighted by Crippen LogP contribution is -2.39. The van der Waals surface area contributed by atoms with E-state index in [1.807, 2.05) is 24.4 Å². The van der Waals surface area contributed by atoms with Crippen LogP contribution < -0.4 is 5.32 Å². The number of benzene rings is 1. The van der Waals surface area contributed by atoms with Crippen molar-refractivity contribution in [3.63, 3.8) is 0 Å². The number of aromatic nitrogens is 1. The fourth-order valence-corrected chi connectivity index (χ4v) is 3.19. The van der Waals surface area contributed by atoms with Gasteiger partial charge in [0.2, 0.25) is 11.8 Å². The molecule has 1 saturated heterocycles. The second-order valence-electron chi connectivity index (χ2n) is 4.45. The smallest absolute Gasteiger partial charge is 0.234 e. The van der Waals surface area contributed by atoms with Crippen molar-refractivity contribution < 1.29 is 9.59 Å². The maximum Gasteiger partial charge on any atom is 0.234 e. The first-order chi connectivity index (χ1) is 8.65. The van der Waals surface area contributed by atoms with Crippen molar-refractivity contribution in [1.29, 1.82) is 0 Å². The van der Waals surface area contributed by atoms with Crippen LogP contribution in [0.25, 0.3) is 10.9 Å². The average Bonchev–Trinajstić information content (AvgIpc) is 2.77. The number of aromatic amines is 1. The van der Waals surface area contributed by atoms with E-state index < -0.39 is 0 Å². The fraction of sp³-hybridized carbons (Fsp3) is 0.231. The number of H-pyrrole nitrogens is 1. The maximum absolute atomic E-state index is 11.8. The topological polar surface area (TPSA) is 62.0 Å². The minimum absolute atomic E-state index is 0.174. The lowest BCUT2D eigenvalue weighted by atomic mass is 9.90. The van der Waals surface area contributed by atoms with Crippen LogP contribution in [0, 0.1) is 3.57 Å². The second kappa shape index (κ2) is 4.38. The Morgan fingerprint density at radius 2 is 2.11 bits per heavy atom. The predicted molar refractivity (Wildman–Crippen MR) is 76.1 cm³/mol. The van der Waals surface area contributed by atoms with Crippen molar-refractivity contribution in [3.8, 4) is 0 Å². The number of hydrogen-bond acceptors (Lipinski definition) is 2. The molecule has 1 aliphatic heterocycles. The molecule has 2 aromatic rings. The summed E-state index contributed by atoms with van der Waals surface area (Å²) >= 11 is 2.27. The van der Waals surface area contributed by atoms with Gasteiger partial charge in [0, 0.05) is 27.1 Å². The molecule has 1 aliphatic rings. The van der Waals surface area contributed by atoms with Crippen molar-refractivity contribution >= 4 is 45.3 Å². The van der Waals surface area contributed by atoms with Crippen LogP contribution in [0.5, 0.6) is 0 Å². The van der Waals surface area contributed by atoms with Crippen molar-refractivity contribution in [1.82, 2.24) is 10.3 Å². The summed E-state index contributed by atoms with van der Waals surface area (Å²) in [6, 6.07) is 6.04. The monoisotopic (exact) mass is 354 g/mol. The fourth-order valence-electron chi connectivity index (χ4n) is 2.36. The minimum Gasteiger partial charge on any atom is -0.361 e. The Morgan fingerprint density at radius 3 is 2.89 bits per heavy atom. The van der Waals surface area contributed by atoms with E-state index in [0.29, 0.717) is 12.8 Å². The molecule has 3 rings (SSSR count). The summed E-state index contributed by atoms with van der Waals surface area (Å²) in [6.07, 6.45) is 2.89. The van der Waals surface area contributed by atoms with Crippen LogP contribution in [0.4, 0.5) is 0 Å². The molecular formula is C13H11IN2O2. The van der Waals surface area contributed by atoms with Gasteiger partial charge < -0.3 is 4.98 Å². The van der Waals surface area contributed by atoms with Crippen LogP contribution in [0.1, 0.15) is 24.3 Å². The number of halogens is 1. The van der Waals surface area contributed by atoms with E-state index in [1.165, 1.54) is 0 Å². The summed E-state index contributed by atoms with van der Waals surface area (Å²) < 4.78 is 1.12. The second-order valence-corrected chi connectivity index (χ2v) is 5.61. The molecule has 0 saturated carbocycles. The van der Waals surface area contributed by atoms with Gasteiger partial charge in [-0.05, 0) is 52.8 Å². The number of nitrogens with one attached hydrogen (secondary N) is 2. The summed E-state index contributed by atoms with van der Waals surface area (Å²) in [5.41, 5.74) is 2.00. The average molecular weight is 354 g/mol. The molecule has 2 amide bonds. The Bertz CT molecular complexity index is 647. The number of imide groups is 1. The summed E-state index contributed by atoms with van der Waals surface area (Å²) in [6.45, 7) is 0. The highest BCUT2D eigenvalue weighted by Gasteiger charge is 2.28. The molecule has 1 atom stereocenters. The normalized spacial score (nSPS) is 20.2. The zero-order chi connectivity index (χ0) is 12.7. The number of piperidine rings is 1. The van der Waals surface area contributed by atoms with E-state index in [9.17, 15) is 9.59 Å². The van der Waals surface area contributed by atoms with E-state index >= 15 is 0 Å². The number of carbonyl (C=O) groups is 2. The number of amides is 2. The van der Waals surface area contributed by atoms with Crippen LogP contribution in [0.15, 0.2) is 24.4 Å². The summed E-state index contributed by atoms with van der Waals surface area (Å²) in [5, 5.41) is 3.56. The van der Waals surface area contributed by atoms with Crippen LogP contribution in [0.3, 0.4) is 0 Å². The Kier molecular flexibility index (Phi) is 2.85. The molecule has 1 unspecified atom stereocenters. The largest absolute Gasteiger partial charge is 0.361 e. The van der Waals surface area contributed by atoms with Gasteiger partial charge in [-0.1, -0.05) is 0 Å². The van der Waals surface area contributed by atoms with Crippen LogP contribution >= 0.6 is 22.6 Å². The van der Waals surface area contributed by atoms with Gasteiger partial charge in [-0.3, -0.25) is 14.9 Å². The summed E-state index contributed by atoms with van der Waals surface area (Å²) in [7, 11) is 0. The van der Waals surface area contributed by atoms with Gasteiger partial charge >= 0.3 is 0 Å². The zero-order valence-corrected chi connectivity index (χ0v) is 11.7. The van der Waals surface area contributed by atoms with Gasteiger partial charge in [0.25, 0.3) is 0 Å². The molecule has 2 N–H and O–H groups in total. The number of fused-ring (bicyclic) bond motifs is 1. The Labute approximate surface area is 117 Å². The van der Waals surface area contributed by atoms with Gasteiger partial charge in [-0.25, -0.2) is 0 Å². The van der Waals surface area contributed by atoms with Gasteiger partial charge in [-0.15, -0.1) is 0 Å². The Balaban J connectivity index is 2.03. The Hall–Kier alpha value is -1.37. The number of hydrogen-bond donors (Lipinski definition) is 2. The number of carbonyl (C=O) groups excluding carboxylic acids is 2. The molecule has 1 aromatic carbocycles. The van der Waals surface area contributed by atoms with Crippen LogP contribution in [-0.2, 0) is 9.59 Å². The minimum atomic E-state index is -0.219. The van der Waals surface area contributed by atoms with Crippen LogP contribution in [-0.4, -0.2) is 16.8 Å². The molecule has 0 bridgehead atoms. The standard InChI is InChI=1S/C13H11IN2O2/c14-10-5-7(6-11-9(10)3-4-15-11)8-1-2-12(17)16-13(8)18/h3-6,8,15H,1-2H2,(H,16,17,18). The summed E-state index contributed by atoms with van der Waals surface area (Å²) in [5.74, 6) is -0.580. The first kappa shape index (κ1) is 11.7. The van der Waals surface area contributed by atoms with E-state index in [2.05, 4.69) is 32.9 Å². The molecule has 0 aliphatic carbocycles. The Morgan fingerprint density at radius 1 is 1.28 bits per heavy atom. The van der Waals surface area contributed by atoms with Gasteiger partial charge in [0.05, 0.1) is 5.92 Å². The molecule has 92 valence electrons. The van der Waals surface area contributed by atoms with Crippen molar-refractivity contribution in [2.24, 2.45) is 0 Å². The molecule has 2 heterocycles. The lowest BCUT2D eigenvalue weighted by molar-refractivity contribution is -0.134. The van der Waals surface area contributed by atoms with Crippen molar-refractivity contribution in [3.05, 3.63) is 33.5 Å². The molecule has 4 nitrogen and oxygen atoms in total. The molecule has 1 aromatic heterocycles. The lowest BCUT2D eigenvalue weighted by Gasteiger charge is -2.21. The van der Waals surface area contributed by atoms with Crippen LogP contribution in [0.2, 0.25) is 0 Å². The SMILES string of the molecule is O=C1CCC(c2cc(I)c3cc[nH]c3c2)C(=O)N1. The van der Waals surface area contributed by atoms with Crippen molar-refractivity contribution in [2.75, 3.05) is 0 Å². The van der Waals surface area contributed by atoms with E-state index in [-0.39, 0.29) is 17.7 Å². The van der Waals surface area contributed by atoms with E-state index in [0.717, 1.165) is 20.0 Å². The van der Waals surface area contributed by atoms with E-state index in [1.54, 1.807) is 0 Å². The highest BCUT2D eigenvalue weighted by atomic mass is 127. The predicted octanol–water partition coefficient (Wildman–Crippen LogP) is 2.29. The third kappa shape index (κ3) is 1.92. The molecular weight excluding hydrogens is 343 g/mol. The first-order valence-electron chi connectivity index (χ1n) is 5.75. The quantitative estimate of drug-likeness (QED) is 0.610. The molecule has 0 radical (unpaired) electrons. The molecule has 18 heavy (non-hydrogen) atoms. The molecule has 0 spiro atoms. The number of rotatable bonds is 1. The molecule has 1 fully saturated rings. The van der Waals surface area contributed by atoms with E-state index in [4.69, 9.17) is 0 Å². The highest BCUT2D eigenvalue weighted by molar-refractivity contribution is 14.1. The van der Waals surface area contributed by atoms with Crippen molar-refractivity contribution in [2.45, 2.75) is 18.8 Å². The highest BCUT2D eigenvalue weighted by Crippen LogP contribution is 2.30. The van der Waals surface area contributed by atoms with Gasteiger partial charge in [0.15, 0.2) is 0 Å². The van der Waals surface area contributed by atoms with Gasteiger partial charge in [0.1, 0.15) is 0 Å². The first-order valence-corrected chi connectivity index (χ1v) is 6.83. The molecule has 5 heteroatoms. The van der Waals surface area contributed by atoms with Gasteiger partial charge in [-0.2, -0.15) is 0 Å². The maximum atomic E-state index is 11.8. The third-order valence-corrected chi connectivity index (χ3v) is 4.17.